The summed E-state index contributed by atoms with van der Waals surface area (Å²) < 4.78 is 0. The molecule has 0 unspecified atom stereocenters. The smallest absolute Gasteiger partial charge is 0.339 e. The Morgan fingerprint density at radius 1 is 1.44 bits per heavy atom. The van der Waals surface area contributed by atoms with Crippen LogP contribution in [0.5, 0.6) is 0 Å². The van der Waals surface area contributed by atoms with Gasteiger partial charge in [-0.15, -0.1) is 0 Å². The molecule has 0 atom stereocenters. The second-order valence-corrected chi connectivity index (χ2v) is 5.15. The van der Waals surface area contributed by atoms with E-state index in [1.54, 1.807) is 6.92 Å². The number of carboxylic acids is 1. The number of nitrogens with zero attached hydrogens (tertiary/aromatic N) is 2. The normalized spacial score (nSPS) is 10.8. The first kappa shape index (κ1) is 14.5. The van der Waals surface area contributed by atoms with Crippen molar-refractivity contribution in [3.63, 3.8) is 0 Å². The molecule has 4 nitrogen and oxygen atoms in total. The van der Waals surface area contributed by atoms with E-state index in [2.05, 4.69) is 18.8 Å². The monoisotopic (exact) mass is 250 g/mol. The van der Waals surface area contributed by atoms with Crippen LogP contribution in [0.25, 0.3) is 0 Å². The van der Waals surface area contributed by atoms with Gasteiger partial charge >= 0.3 is 5.97 Å². The molecule has 0 saturated heterocycles. The van der Waals surface area contributed by atoms with Crippen molar-refractivity contribution in [3.8, 4) is 0 Å². The number of aryl methyl sites for hydroxylation is 2. The van der Waals surface area contributed by atoms with Gasteiger partial charge in [0.25, 0.3) is 0 Å². The van der Waals surface area contributed by atoms with Gasteiger partial charge in [0.1, 0.15) is 5.56 Å². The summed E-state index contributed by atoms with van der Waals surface area (Å²) in [5.74, 6) is -0.309. The Morgan fingerprint density at radius 2 is 2.06 bits per heavy atom. The van der Waals surface area contributed by atoms with Gasteiger partial charge in [-0.2, -0.15) is 0 Å². The molecule has 1 aromatic rings. The number of rotatable bonds is 5. The van der Waals surface area contributed by atoms with E-state index >= 15 is 0 Å². The number of hydrogen-bond acceptors (Lipinski definition) is 3. The average molecular weight is 250 g/mol. The van der Waals surface area contributed by atoms with E-state index in [0.29, 0.717) is 17.2 Å². The number of hydrogen-bond donors (Lipinski definition) is 1. The Morgan fingerprint density at radius 3 is 2.56 bits per heavy atom. The standard InChI is InChI=1S/C14H22N2O2/c1-9(2)6-7-16(5)12-8-10(3)15-11(4)13(12)14(17)18/h8-9H,6-7H2,1-5H3,(H,17,18). The lowest BCUT2D eigenvalue weighted by Gasteiger charge is -2.23. The maximum Gasteiger partial charge on any atom is 0.339 e. The van der Waals surface area contributed by atoms with E-state index in [0.717, 1.165) is 24.3 Å². The zero-order valence-corrected chi connectivity index (χ0v) is 11.8. The maximum atomic E-state index is 11.3. The second-order valence-electron chi connectivity index (χ2n) is 5.15. The molecule has 0 aliphatic heterocycles. The molecule has 0 radical (unpaired) electrons. The molecule has 0 aromatic carbocycles. The van der Waals surface area contributed by atoms with Gasteiger partial charge in [0, 0.05) is 19.3 Å². The van der Waals surface area contributed by atoms with Crippen LogP contribution in [0.15, 0.2) is 6.07 Å². The van der Waals surface area contributed by atoms with E-state index in [9.17, 15) is 9.90 Å². The maximum absolute atomic E-state index is 11.3. The molecule has 100 valence electrons. The highest BCUT2D eigenvalue weighted by atomic mass is 16.4. The first-order valence-corrected chi connectivity index (χ1v) is 6.25. The first-order valence-electron chi connectivity index (χ1n) is 6.25. The molecule has 0 bridgehead atoms. The Hall–Kier alpha value is -1.58. The third kappa shape index (κ3) is 3.45. The van der Waals surface area contributed by atoms with E-state index in [1.807, 2.05) is 24.9 Å². The Bertz CT molecular complexity index is 442. The fourth-order valence-electron chi connectivity index (χ4n) is 1.95. The number of aromatic nitrogens is 1. The minimum Gasteiger partial charge on any atom is -0.478 e. The number of pyridine rings is 1. The first-order chi connectivity index (χ1) is 8.32. The Labute approximate surface area is 109 Å². The van der Waals surface area contributed by atoms with Crippen molar-refractivity contribution >= 4 is 11.7 Å². The minimum atomic E-state index is -0.911. The van der Waals surface area contributed by atoms with Crippen molar-refractivity contribution in [2.24, 2.45) is 5.92 Å². The van der Waals surface area contributed by atoms with Crippen LogP contribution in [-0.4, -0.2) is 29.7 Å². The van der Waals surface area contributed by atoms with Gasteiger partial charge in [0.15, 0.2) is 0 Å². The van der Waals surface area contributed by atoms with Crippen molar-refractivity contribution in [2.45, 2.75) is 34.1 Å². The zero-order chi connectivity index (χ0) is 13.9. The van der Waals surface area contributed by atoms with Crippen molar-refractivity contribution in [2.75, 3.05) is 18.5 Å². The summed E-state index contributed by atoms with van der Waals surface area (Å²) >= 11 is 0. The van der Waals surface area contributed by atoms with Crippen LogP contribution in [0.2, 0.25) is 0 Å². The molecule has 4 heteroatoms. The molecule has 0 spiro atoms. The fraction of sp³-hybridized carbons (Fsp3) is 0.571. The molecular weight excluding hydrogens is 228 g/mol. The minimum absolute atomic E-state index is 0.312. The molecule has 1 N–H and O–H groups in total. The average Bonchev–Trinajstić information content (AvgIpc) is 2.23. The highest BCUT2D eigenvalue weighted by Crippen LogP contribution is 2.23. The zero-order valence-electron chi connectivity index (χ0n) is 11.8. The Kier molecular flexibility index (Phi) is 4.70. The Balaban J connectivity index is 3.09. The molecule has 0 saturated carbocycles. The third-order valence-electron chi connectivity index (χ3n) is 2.97. The summed E-state index contributed by atoms with van der Waals surface area (Å²) in [5.41, 5.74) is 2.50. The summed E-state index contributed by atoms with van der Waals surface area (Å²) in [6.07, 6.45) is 1.04. The molecule has 0 aliphatic carbocycles. The number of aromatic carboxylic acids is 1. The van der Waals surface area contributed by atoms with Crippen LogP contribution < -0.4 is 4.90 Å². The summed E-state index contributed by atoms with van der Waals surface area (Å²) in [5, 5.41) is 9.30. The van der Waals surface area contributed by atoms with Crippen LogP contribution >= 0.6 is 0 Å². The molecule has 18 heavy (non-hydrogen) atoms. The number of carboxylic acid groups (broad SMARTS) is 1. The quantitative estimate of drug-likeness (QED) is 0.873. The van der Waals surface area contributed by atoms with Crippen LogP contribution in [-0.2, 0) is 0 Å². The molecule has 0 amide bonds. The van der Waals surface area contributed by atoms with Crippen molar-refractivity contribution in [1.82, 2.24) is 4.98 Å². The van der Waals surface area contributed by atoms with Gasteiger partial charge in [-0.3, -0.25) is 4.98 Å². The number of anilines is 1. The summed E-state index contributed by atoms with van der Waals surface area (Å²) in [6, 6.07) is 1.84. The fourth-order valence-corrected chi connectivity index (χ4v) is 1.95. The third-order valence-corrected chi connectivity index (χ3v) is 2.97. The van der Waals surface area contributed by atoms with E-state index in [4.69, 9.17) is 0 Å². The predicted octanol–water partition coefficient (Wildman–Crippen LogP) is 2.88. The highest BCUT2D eigenvalue weighted by Gasteiger charge is 2.18. The highest BCUT2D eigenvalue weighted by molar-refractivity contribution is 5.95. The van der Waals surface area contributed by atoms with Crippen molar-refractivity contribution in [1.29, 1.82) is 0 Å². The largest absolute Gasteiger partial charge is 0.478 e. The molecule has 0 aliphatic rings. The number of carbonyl (C=O) groups is 1. The summed E-state index contributed by atoms with van der Waals surface area (Å²) in [6.45, 7) is 8.81. The lowest BCUT2D eigenvalue weighted by Crippen LogP contribution is -2.23. The topological polar surface area (TPSA) is 53.4 Å². The summed E-state index contributed by atoms with van der Waals surface area (Å²) in [4.78, 5) is 17.6. The van der Waals surface area contributed by atoms with Crippen molar-refractivity contribution in [3.05, 3.63) is 23.0 Å². The molecule has 1 heterocycles. The van der Waals surface area contributed by atoms with Gasteiger partial charge in [0.2, 0.25) is 0 Å². The van der Waals surface area contributed by atoms with Gasteiger partial charge in [0.05, 0.1) is 11.4 Å². The molecular formula is C14H22N2O2. The summed E-state index contributed by atoms with van der Waals surface area (Å²) in [7, 11) is 1.93. The van der Waals surface area contributed by atoms with Crippen molar-refractivity contribution < 1.29 is 9.90 Å². The van der Waals surface area contributed by atoms with Gasteiger partial charge in [-0.25, -0.2) is 4.79 Å². The predicted molar refractivity (Wildman–Crippen MR) is 73.4 cm³/mol. The van der Waals surface area contributed by atoms with E-state index < -0.39 is 5.97 Å². The van der Waals surface area contributed by atoms with Crippen LogP contribution in [0, 0.1) is 19.8 Å². The van der Waals surface area contributed by atoms with Gasteiger partial charge < -0.3 is 10.0 Å². The second kappa shape index (κ2) is 5.85. The van der Waals surface area contributed by atoms with Crippen LogP contribution in [0.3, 0.4) is 0 Å². The van der Waals surface area contributed by atoms with Gasteiger partial charge in [-0.05, 0) is 32.3 Å². The van der Waals surface area contributed by atoms with Crippen LogP contribution in [0.1, 0.15) is 42.0 Å². The SMILES string of the molecule is Cc1cc(N(C)CCC(C)C)c(C(=O)O)c(C)n1. The van der Waals surface area contributed by atoms with Crippen LogP contribution in [0.4, 0.5) is 5.69 Å². The van der Waals surface area contributed by atoms with E-state index in [-0.39, 0.29) is 0 Å². The molecule has 1 rings (SSSR count). The molecule has 1 aromatic heterocycles. The van der Waals surface area contributed by atoms with Gasteiger partial charge in [-0.1, -0.05) is 13.8 Å². The molecule has 0 fully saturated rings. The van der Waals surface area contributed by atoms with E-state index in [1.165, 1.54) is 0 Å². The lowest BCUT2D eigenvalue weighted by atomic mass is 10.1. The lowest BCUT2D eigenvalue weighted by molar-refractivity contribution is 0.0696.